The molecule has 0 fully saturated rings. The lowest BCUT2D eigenvalue weighted by Crippen LogP contribution is -2.06. The molecule has 1 heterocycles. The first-order valence-electron chi connectivity index (χ1n) is 6.48. The zero-order valence-electron chi connectivity index (χ0n) is 11.5. The molecule has 0 spiro atoms. The zero-order chi connectivity index (χ0) is 14.7. The third kappa shape index (κ3) is 3.41. The van der Waals surface area contributed by atoms with Crippen molar-refractivity contribution in [2.45, 2.75) is 37.0 Å². The fraction of sp³-hybridized carbons (Fsp3) is 0.357. The number of nitrogen functional groups attached to an aromatic ring is 1. The predicted molar refractivity (Wildman–Crippen MR) is 83.2 cm³/mol. The fourth-order valence-corrected chi connectivity index (χ4v) is 3.21. The van der Waals surface area contributed by atoms with E-state index in [0.29, 0.717) is 27.4 Å². The molecule has 0 saturated carbocycles. The third-order valence-electron chi connectivity index (χ3n) is 3.21. The number of nitrogens with two attached hydrogens (primary N) is 1. The van der Waals surface area contributed by atoms with E-state index in [9.17, 15) is 4.21 Å². The van der Waals surface area contributed by atoms with Crippen LogP contribution in [-0.2, 0) is 16.6 Å². The molecule has 0 amide bonds. The van der Waals surface area contributed by atoms with Crippen LogP contribution < -0.4 is 5.73 Å². The number of halogens is 1. The molecule has 0 aliphatic rings. The van der Waals surface area contributed by atoms with Gasteiger partial charge in [-0.1, -0.05) is 18.5 Å². The van der Waals surface area contributed by atoms with Gasteiger partial charge in [0.05, 0.1) is 27.1 Å². The summed E-state index contributed by atoms with van der Waals surface area (Å²) in [6.45, 7) is 4.21. The van der Waals surface area contributed by atoms with E-state index in [1.165, 1.54) is 0 Å². The van der Waals surface area contributed by atoms with Crippen LogP contribution in [0.25, 0.3) is 0 Å². The van der Waals surface area contributed by atoms with Crippen molar-refractivity contribution in [3.63, 3.8) is 0 Å². The van der Waals surface area contributed by atoms with Crippen LogP contribution in [0.15, 0.2) is 35.4 Å². The van der Waals surface area contributed by atoms with E-state index in [1.807, 2.05) is 16.9 Å². The van der Waals surface area contributed by atoms with Crippen LogP contribution in [0.4, 0.5) is 5.69 Å². The summed E-state index contributed by atoms with van der Waals surface area (Å²) in [4.78, 5) is 0.565. The van der Waals surface area contributed by atoms with Gasteiger partial charge in [-0.25, -0.2) is 0 Å². The number of benzene rings is 1. The molecular formula is C14H18ClN3OS. The number of anilines is 1. The zero-order valence-corrected chi connectivity index (χ0v) is 13.1. The molecule has 2 rings (SSSR count). The van der Waals surface area contributed by atoms with Crippen LogP contribution in [-0.4, -0.2) is 14.0 Å². The maximum absolute atomic E-state index is 12.4. The molecule has 0 radical (unpaired) electrons. The summed E-state index contributed by atoms with van der Waals surface area (Å²) in [5.74, 6) is 0.341. The predicted octanol–water partition coefficient (Wildman–Crippen LogP) is 3.40. The number of rotatable bonds is 5. The first-order valence-corrected chi connectivity index (χ1v) is 8.18. The number of nitrogens with zero attached hydrogens (tertiary/aromatic N) is 2. The summed E-state index contributed by atoms with van der Waals surface area (Å²) in [6.07, 6.45) is 2.92. The second-order valence-electron chi connectivity index (χ2n) is 4.72. The maximum Gasteiger partial charge on any atom is 0.0753 e. The van der Waals surface area contributed by atoms with Crippen molar-refractivity contribution in [2.24, 2.45) is 0 Å². The van der Waals surface area contributed by atoms with Crippen LogP contribution >= 0.6 is 11.6 Å². The highest BCUT2D eigenvalue weighted by Crippen LogP contribution is 2.23. The molecule has 20 heavy (non-hydrogen) atoms. The quantitative estimate of drug-likeness (QED) is 0.861. The normalized spacial score (nSPS) is 14.2. The molecule has 6 heteroatoms. The van der Waals surface area contributed by atoms with E-state index < -0.39 is 10.8 Å². The lowest BCUT2D eigenvalue weighted by molar-refractivity contribution is 0.475. The van der Waals surface area contributed by atoms with Crippen molar-refractivity contribution in [1.82, 2.24) is 9.78 Å². The van der Waals surface area contributed by atoms with Gasteiger partial charge in [-0.2, -0.15) is 5.10 Å². The lowest BCUT2D eigenvalue weighted by Gasteiger charge is -2.08. The Morgan fingerprint density at radius 2 is 2.20 bits per heavy atom. The molecule has 2 unspecified atom stereocenters. The van der Waals surface area contributed by atoms with Gasteiger partial charge in [-0.3, -0.25) is 8.89 Å². The average molecular weight is 312 g/mol. The van der Waals surface area contributed by atoms with Gasteiger partial charge in [0, 0.05) is 22.9 Å². The summed E-state index contributed by atoms with van der Waals surface area (Å²) in [6, 6.07) is 7.25. The highest BCUT2D eigenvalue weighted by atomic mass is 35.5. The molecule has 4 nitrogen and oxygen atoms in total. The minimum atomic E-state index is -1.24. The molecule has 0 bridgehead atoms. The van der Waals surface area contributed by atoms with Crippen molar-refractivity contribution >= 4 is 28.1 Å². The molecule has 108 valence electrons. The van der Waals surface area contributed by atoms with Crippen LogP contribution in [0.1, 0.15) is 32.0 Å². The monoisotopic (exact) mass is 311 g/mol. The van der Waals surface area contributed by atoms with Crippen LogP contribution in [0.5, 0.6) is 0 Å². The van der Waals surface area contributed by atoms with Crippen molar-refractivity contribution < 1.29 is 4.21 Å². The smallest absolute Gasteiger partial charge is 0.0753 e. The molecule has 2 aromatic rings. The minimum absolute atomic E-state index is 0.341. The molecule has 1 aromatic carbocycles. The second-order valence-corrected chi connectivity index (χ2v) is 6.57. The Morgan fingerprint density at radius 1 is 1.45 bits per heavy atom. The SMILES string of the molecule is CCC(C)n1ccc(CS(=O)c2cc(Cl)ccc2N)n1. The number of aromatic nitrogens is 2. The van der Waals surface area contributed by atoms with E-state index in [2.05, 4.69) is 18.9 Å². The Bertz CT molecular complexity index is 627. The van der Waals surface area contributed by atoms with E-state index >= 15 is 0 Å². The van der Waals surface area contributed by atoms with E-state index in [0.717, 1.165) is 12.1 Å². The van der Waals surface area contributed by atoms with Gasteiger partial charge in [-0.05, 0) is 37.6 Å². The van der Waals surface area contributed by atoms with Gasteiger partial charge in [0.15, 0.2) is 0 Å². The van der Waals surface area contributed by atoms with Crippen molar-refractivity contribution in [3.8, 4) is 0 Å². The van der Waals surface area contributed by atoms with E-state index in [1.54, 1.807) is 18.2 Å². The van der Waals surface area contributed by atoms with E-state index in [-0.39, 0.29) is 0 Å². The number of hydrogen-bond acceptors (Lipinski definition) is 3. The first-order chi connectivity index (χ1) is 9.51. The standard InChI is InChI=1S/C14H18ClN3OS/c1-3-10(2)18-7-6-12(17-18)9-20(19)14-8-11(15)4-5-13(14)16/h4-8,10H,3,9,16H2,1-2H3. The highest BCUT2D eigenvalue weighted by Gasteiger charge is 2.12. The molecule has 2 N–H and O–H groups in total. The van der Waals surface area contributed by atoms with Crippen molar-refractivity contribution in [3.05, 3.63) is 41.2 Å². The van der Waals surface area contributed by atoms with Crippen LogP contribution in [0.2, 0.25) is 5.02 Å². The Labute approximate surface area is 126 Å². The van der Waals surface area contributed by atoms with Gasteiger partial charge >= 0.3 is 0 Å². The lowest BCUT2D eigenvalue weighted by atomic mass is 10.3. The third-order valence-corrected chi connectivity index (χ3v) is 4.84. The molecule has 1 aromatic heterocycles. The Kier molecular flexibility index (Phi) is 4.83. The summed E-state index contributed by atoms with van der Waals surface area (Å²) < 4.78 is 14.3. The molecule has 0 aliphatic heterocycles. The van der Waals surface area contributed by atoms with Gasteiger partial charge in [0.1, 0.15) is 0 Å². The Hall–Kier alpha value is -1.33. The summed E-state index contributed by atoms with van der Waals surface area (Å²) in [7, 11) is -1.24. The summed E-state index contributed by atoms with van der Waals surface area (Å²) in [5.41, 5.74) is 7.13. The molecule has 0 aliphatic carbocycles. The van der Waals surface area contributed by atoms with E-state index in [4.69, 9.17) is 17.3 Å². The maximum atomic E-state index is 12.4. The average Bonchev–Trinajstić information content (AvgIpc) is 2.89. The largest absolute Gasteiger partial charge is 0.398 e. The van der Waals surface area contributed by atoms with Crippen LogP contribution in [0, 0.1) is 0 Å². The minimum Gasteiger partial charge on any atom is -0.398 e. The van der Waals surface area contributed by atoms with Crippen molar-refractivity contribution in [1.29, 1.82) is 0 Å². The van der Waals surface area contributed by atoms with Crippen molar-refractivity contribution in [2.75, 3.05) is 5.73 Å². The first kappa shape index (κ1) is 15.1. The van der Waals surface area contributed by atoms with Gasteiger partial charge in [-0.15, -0.1) is 0 Å². The van der Waals surface area contributed by atoms with Crippen LogP contribution in [0.3, 0.4) is 0 Å². The van der Waals surface area contributed by atoms with Gasteiger partial charge < -0.3 is 5.73 Å². The fourth-order valence-electron chi connectivity index (χ4n) is 1.80. The van der Waals surface area contributed by atoms with Gasteiger partial charge in [0.25, 0.3) is 0 Å². The molecule has 2 atom stereocenters. The Morgan fingerprint density at radius 3 is 2.90 bits per heavy atom. The second kappa shape index (κ2) is 6.41. The topological polar surface area (TPSA) is 60.9 Å². The van der Waals surface area contributed by atoms with Gasteiger partial charge in [0.2, 0.25) is 0 Å². The summed E-state index contributed by atoms with van der Waals surface area (Å²) >= 11 is 5.92. The summed E-state index contributed by atoms with van der Waals surface area (Å²) in [5, 5.41) is 4.98. The molecular weight excluding hydrogens is 294 g/mol. The highest BCUT2D eigenvalue weighted by molar-refractivity contribution is 7.84. The molecule has 0 saturated heterocycles. The number of hydrogen-bond donors (Lipinski definition) is 1. The Balaban J connectivity index is 2.15.